The van der Waals surface area contributed by atoms with Crippen LogP contribution in [0.1, 0.15) is 66.2 Å². The van der Waals surface area contributed by atoms with Crippen molar-refractivity contribution in [3.8, 4) is 11.4 Å². The zero-order valence-electron chi connectivity index (χ0n) is 33.0. The van der Waals surface area contributed by atoms with Crippen LogP contribution in [0.2, 0.25) is 0 Å². The molecule has 2 aliphatic rings. The number of aromatic nitrogens is 2. The van der Waals surface area contributed by atoms with Crippen LogP contribution in [-0.4, -0.2) is 54.2 Å². The summed E-state index contributed by atoms with van der Waals surface area (Å²) in [5, 5.41) is 1.78. The molecule has 0 N–H and O–H groups in total. The summed E-state index contributed by atoms with van der Waals surface area (Å²) in [4.78, 5) is 88.0. The first-order valence-electron chi connectivity index (χ1n) is 20.3. The van der Waals surface area contributed by atoms with Crippen LogP contribution in [0.15, 0.2) is 110 Å². The first-order valence-corrected chi connectivity index (χ1v) is 20.3. The van der Waals surface area contributed by atoms with Gasteiger partial charge in [-0.1, -0.05) is 51.2 Å². The smallest absolute Gasteiger partial charge is 0.266 e. The normalized spacial score (nSPS) is 14.4. The predicted octanol–water partition coefficient (Wildman–Crippen LogP) is 6.55. The van der Waals surface area contributed by atoms with Crippen molar-refractivity contribution in [3.05, 3.63) is 144 Å². The minimum Gasteiger partial charge on any atom is -0.497 e. The second kappa shape index (κ2) is 15.2. The fourth-order valence-corrected chi connectivity index (χ4v) is 8.85. The molecule has 7 aromatic rings. The zero-order valence-corrected chi connectivity index (χ0v) is 33.0. The van der Waals surface area contributed by atoms with Gasteiger partial charge in [0.05, 0.1) is 40.0 Å². The number of fused-ring (bicyclic) bond motifs is 2. The highest BCUT2D eigenvalue weighted by molar-refractivity contribution is 6.36. The number of carbonyl (C=O) groups excluding carboxylic acids is 2. The number of amides is 2. The monoisotopic (exact) mass is 789 g/mol. The summed E-state index contributed by atoms with van der Waals surface area (Å²) in [6.45, 7) is 5.56. The number of methoxy groups -OCH3 is 1. The lowest BCUT2D eigenvalue weighted by Gasteiger charge is -2.38. The van der Waals surface area contributed by atoms with E-state index < -0.39 is 34.1 Å². The molecule has 298 valence electrons. The molecule has 12 heteroatoms. The van der Waals surface area contributed by atoms with E-state index in [0.29, 0.717) is 22.9 Å². The summed E-state index contributed by atoms with van der Waals surface area (Å²) in [6, 6.07) is 26.1. The predicted molar refractivity (Wildman–Crippen MR) is 232 cm³/mol. The second-order valence-corrected chi connectivity index (χ2v) is 15.4. The number of anilines is 3. The summed E-state index contributed by atoms with van der Waals surface area (Å²) in [7, 11) is 1.65. The van der Waals surface area contributed by atoms with E-state index in [-0.39, 0.29) is 39.5 Å². The average Bonchev–Trinajstić information content (AvgIpc) is 3.65. The molecule has 0 aliphatic carbocycles. The van der Waals surface area contributed by atoms with E-state index in [1.807, 2.05) is 30.3 Å². The number of hydrogen-bond donors (Lipinski definition) is 0. The van der Waals surface area contributed by atoms with E-state index in [0.717, 1.165) is 90.3 Å². The van der Waals surface area contributed by atoms with Crippen molar-refractivity contribution in [1.82, 2.24) is 9.13 Å². The molecule has 59 heavy (non-hydrogen) atoms. The van der Waals surface area contributed by atoms with E-state index in [2.05, 4.69) is 28.9 Å². The van der Waals surface area contributed by atoms with Crippen molar-refractivity contribution in [2.24, 2.45) is 0 Å². The Morgan fingerprint density at radius 3 is 1.69 bits per heavy atom. The van der Waals surface area contributed by atoms with Gasteiger partial charge in [-0.25, -0.2) is 9.47 Å². The van der Waals surface area contributed by atoms with Gasteiger partial charge in [0.1, 0.15) is 5.75 Å². The van der Waals surface area contributed by atoms with Crippen molar-refractivity contribution in [3.63, 3.8) is 0 Å². The molecule has 0 atom stereocenters. The van der Waals surface area contributed by atoms with Crippen molar-refractivity contribution in [1.29, 1.82) is 0 Å². The molecular formula is C47H43N5O7. The Morgan fingerprint density at radius 2 is 1.07 bits per heavy atom. The van der Waals surface area contributed by atoms with Gasteiger partial charge in [0, 0.05) is 66.0 Å². The Bertz CT molecular complexity index is 2900. The van der Waals surface area contributed by atoms with Gasteiger partial charge < -0.3 is 14.5 Å². The van der Waals surface area contributed by atoms with E-state index in [1.54, 1.807) is 19.2 Å². The van der Waals surface area contributed by atoms with Crippen LogP contribution < -0.4 is 41.7 Å². The van der Waals surface area contributed by atoms with Crippen LogP contribution in [-0.2, 0) is 6.54 Å². The molecule has 1 fully saturated rings. The third kappa shape index (κ3) is 6.30. The topological polar surface area (TPSA) is 131 Å². The number of imide groups is 1. The number of ether oxygens (including phenoxy) is 1. The zero-order chi connectivity index (χ0) is 40.9. The van der Waals surface area contributed by atoms with Gasteiger partial charge in [-0.3, -0.25) is 33.3 Å². The van der Waals surface area contributed by atoms with Gasteiger partial charge in [0.15, 0.2) is 0 Å². The van der Waals surface area contributed by atoms with Crippen molar-refractivity contribution in [2.75, 3.05) is 48.0 Å². The van der Waals surface area contributed by atoms with Crippen molar-refractivity contribution < 1.29 is 14.3 Å². The lowest BCUT2D eigenvalue weighted by Crippen LogP contribution is -2.46. The molecule has 2 amide bonds. The van der Waals surface area contributed by atoms with Gasteiger partial charge >= 0.3 is 0 Å². The first-order chi connectivity index (χ1) is 28.7. The van der Waals surface area contributed by atoms with Crippen LogP contribution >= 0.6 is 0 Å². The summed E-state index contributed by atoms with van der Waals surface area (Å²) in [6.07, 6.45) is 6.03. The summed E-state index contributed by atoms with van der Waals surface area (Å²) in [5.41, 5.74) is 1.22. The van der Waals surface area contributed by atoms with Crippen LogP contribution in [0.25, 0.3) is 38.0 Å². The molecule has 9 rings (SSSR count). The number of piperazine rings is 1. The Labute approximate surface area is 338 Å². The number of benzene rings is 5. The third-order valence-corrected chi connectivity index (χ3v) is 12.0. The highest BCUT2D eigenvalue weighted by Gasteiger charge is 2.35. The number of unbranched alkanes of at least 4 members (excludes halogenated alkanes) is 5. The van der Waals surface area contributed by atoms with Crippen molar-refractivity contribution in [2.45, 2.75) is 52.0 Å². The summed E-state index contributed by atoms with van der Waals surface area (Å²) < 4.78 is 7.50. The van der Waals surface area contributed by atoms with Crippen LogP contribution in [0.5, 0.6) is 5.75 Å². The van der Waals surface area contributed by atoms with Gasteiger partial charge in [0.2, 0.25) is 0 Å². The highest BCUT2D eigenvalue weighted by atomic mass is 16.5. The largest absolute Gasteiger partial charge is 0.497 e. The van der Waals surface area contributed by atoms with Gasteiger partial charge in [-0.2, -0.15) is 0 Å². The molecule has 0 radical (unpaired) electrons. The standard InChI is InChI=1S/C47H43N5O7/c1-3-4-5-6-7-8-22-50-42(53)36-27-38-39(28-37(36)43(50)54)47(58)52(46(38)57)31-14-12-30(13-15-31)51-44(55)34-11-9-10-33-40(21-20-35(41(33)34)45(51)56)49-25-23-48(24-26-49)29-16-18-32(59-2)19-17-29/h9-21,27-28H,3-8,22-26H2,1-2H3. The molecule has 12 nitrogen and oxygen atoms in total. The van der Waals surface area contributed by atoms with Crippen LogP contribution in [0.3, 0.4) is 0 Å². The first kappa shape index (κ1) is 37.7. The Morgan fingerprint density at radius 1 is 0.525 bits per heavy atom. The Kier molecular flexibility index (Phi) is 9.70. The SMILES string of the molecule is CCCCCCCCn1c(=O)c2cc3c(=O)n(-c4ccc(N5C(=O)c6cccc7c(N8CCN(c9ccc(OC)cc9)CC8)ccc(c67)C5=O)cc4)c(=O)c3cc2c1=O. The third-order valence-electron chi connectivity index (χ3n) is 12.0. The molecule has 2 aliphatic heterocycles. The molecule has 5 aromatic carbocycles. The van der Waals surface area contributed by atoms with E-state index in [9.17, 15) is 28.8 Å². The molecule has 4 heterocycles. The minimum atomic E-state index is -0.626. The Balaban J connectivity index is 0.964. The molecule has 2 aromatic heterocycles. The van der Waals surface area contributed by atoms with Gasteiger partial charge in [0.25, 0.3) is 34.1 Å². The molecule has 0 spiro atoms. The van der Waals surface area contributed by atoms with E-state index in [1.165, 1.54) is 41.0 Å². The fourth-order valence-electron chi connectivity index (χ4n) is 8.85. The van der Waals surface area contributed by atoms with E-state index >= 15 is 0 Å². The minimum absolute atomic E-state index is 0.0463. The van der Waals surface area contributed by atoms with E-state index in [4.69, 9.17) is 4.74 Å². The Hall–Kier alpha value is -6.82. The number of carbonyl (C=O) groups is 2. The summed E-state index contributed by atoms with van der Waals surface area (Å²) >= 11 is 0. The molecular weight excluding hydrogens is 747 g/mol. The quantitative estimate of drug-likeness (QED) is 0.0999. The lowest BCUT2D eigenvalue weighted by atomic mass is 9.92. The molecule has 1 saturated heterocycles. The lowest BCUT2D eigenvalue weighted by molar-refractivity contribution is 0.0893. The molecule has 0 bridgehead atoms. The number of hydrogen-bond acceptors (Lipinski definition) is 9. The van der Waals surface area contributed by atoms with Crippen LogP contribution in [0.4, 0.5) is 17.1 Å². The fraction of sp³-hybridized carbons (Fsp3) is 0.277. The number of nitrogens with zero attached hydrogens (tertiary/aromatic N) is 5. The maximum absolute atomic E-state index is 14.1. The maximum atomic E-state index is 14.1. The second-order valence-electron chi connectivity index (χ2n) is 15.4. The van der Waals surface area contributed by atoms with Gasteiger partial charge in [-0.05, 0) is 85.3 Å². The van der Waals surface area contributed by atoms with Crippen molar-refractivity contribution >= 4 is 61.2 Å². The molecule has 0 saturated carbocycles. The van der Waals surface area contributed by atoms with Gasteiger partial charge in [-0.15, -0.1) is 0 Å². The maximum Gasteiger partial charge on any atom is 0.266 e. The average molecular weight is 790 g/mol. The summed E-state index contributed by atoms with van der Waals surface area (Å²) in [5.74, 6) is -0.138. The van der Waals surface area contributed by atoms with Crippen LogP contribution in [0, 0.1) is 0 Å². The highest BCUT2D eigenvalue weighted by Crippen LogP contribution is 2.38. The number of rotatable bonds is 12. The molecule has 0 unspecified atom stereocenters.